The van der Waals surface area contributed by atoms with Crippen LogP contribution in [0, 0.1) is 11.8 Å². The Morgan fingerprint density at radius 1 is 0.957 bits per heavy atom. The van der Waals surface area contributed by atoms with Crippen LogP contribution in [0.1, 0.15) is 50.2 Å². The maximum Gasteiger partial charge on any atom is 0.304 e. The third kappa shape index (κ3) is 4.47. The predicted octanol–water partition coefficient (Wildman–Crippen LogP) is 5.06. The van der Waals surface area contributed by atoms with Crippen molar-refractivity contribution in [3.05, 3.63) is 59.7 Å². The summed E-state index contributed by atoms with van der Waals surface area (Å²) in [7, 11) is 0. The second-order valence-electron chi connectivity index (χ2n) is 5.94. The van der Waals surface area contributed by atoms with Crippen molar-refractivity contribution in [2.24, 2.45) is 0 Å². The molecule has 0 spiro atoms. The van der Waals surface area contributed by atoms with Crippen LogP contribution < -0.4 is 0 Å². The van der Waals surface area contributed by atoms with Crippen LogP contribution in [0.25, 0.3) is 11.1 Å². The van der Waals surface area contributed by atoms with Gasteiger partial charge in [0.1, 0.15) is 0 Å². The lowest BCUT2D eigenvalue weighted by atomic mass is 9.93. The van der Waals surface area contributed by atoms with Crippen LogP contribution in [0.15, 0.2) is 48.5 Å². The zero-order chi connectivity index (χ0) is 16.8. The lowest BCUT2D eigenvalue weighted by Gasteiger charge is -2.11. The fourth-order valence-corrected chi connectivity index (χ4v) is 2.57. The van der Waals surface area contributed by atoms with Gasteiger partial charge >= 0.3 is 5.97 Å². The van der Waals surface area contributed by atoms with Crippen molar-refractivity contribution in [3.63, 3.8) is 0 Å². The van der Waals surface area contributed by atoms with Gasteiger partial charge in [-0.1, -0.05) is 68.3 Å². The number of hydrogen-bond donors (Lipinski definition) is 1. The van der Waals surface area contributed by atoms with E-state index in [-0.39, 0.29) is 12.3 Å². The first kappa shape index (κ1) is 16.8. The van der Waals surface area contributed by atoms with Gasteiger partial charge in [-0.3, -0.25) is 4.79 Å². The molecule has 1 atom stereocenters. The smallest absolute Gasteiger partial charge is 0.304 e. The number of aliphatic carboxylic acids is 1. The van der Waals surface area contributed by atoms with E-state index < -0.39 is 5.97 Å². The summed E-state index contributed by atoms with van der Waals surface area (Å²) in [5, 5.41) is 9.01. The van der Waals surface area contributed by atoms with Gasteiger partial charge in [0, 0.05) is 0 Å². The summed E-state index contributed by atoms with van der Waals surface area (Å²) < 4.78 is 0. The van der Waals surface area contributed by atoms with Crippen molar-refractivity contribution >= 4 is 5.97 Å². The zero-order valence-electron chi connectivity index (χ0n) is 13.8. The highest BCUT2D eigenvalue weighted by atomic mass is 16.4. The molecule has 1 unspecified atom stereocenters. The van der Waals surface area contributed by atoms with Crippen molar-refractivity contribution in [1.82, 2.24) is 0 Å². The number of carbonyl (C=O) groups is 1. The second kappa shape index (κ2) is 7.65. The van der Waals surface area contributed by atoms with E-state index in [4.69, 9.17) is 5.11 Å². The number of rotatable bonds is 5. The second-order valence-corrected chi connectivity index (χ2v) is 5.94. The normalized spacial score (nSPS) is 11.7. The molecule has 0 fully saturated rings. The van der Waals surface area contributed by atoms with Crippen molar-refractivity contribution in [2.45, 2.75) is 39.0 Å². The fraction of sp³-hybridized carbons (Fsp3) is 0.286. The van der Waals surface area contributed by atoms with Gasteiger partial charge in [-0.15, -0.1) is 5.92 Å². The van der Waals surface area contributed by atoms with Gasteiger partial charge in [0.25, 0.3) is 0 Å². The van der Waals surface area contributed by atoms with Crippen LogP contribution in [-0.4, -0.2) is 11.1 Å². The van der Waals surface area contributed by atoms with Crippen molar-refractivity contribution in [2.75, 3.05) is 0 Å². The topological polar surface area (TPSA) is 37.3 Å². The Morgan fingerprint density at radius 3 is 1.83 bits per heavy atom. The minimum absolute atomic E-state index is 0.0310. The average Bonchev–Trinajstić information content (AvgIpc) is 2.54. The molecule has 1 N–H and O–H groups in total. The van der Waals surface area contributed by atoms with Crippen LogP contribution in [0.2, 0.25) is 0 Å². The summed E-state index contributed by atoms with van der Waals surface area (Å²) >= 11 is 0. The molecule has 0 aliphatic heterocycles. The molecule has 0 bridgehead atoms. The van der Waals surface area contributed by atoms with E-state index in [1.165, 1.54) is 5.56 Å². The summed E-state index contributed by atoms with van der Waals surface area (Å²) in [6.07, 6.45) is 0.0310. The molecule has 118 valence electrons. The molecule has 0 aromatic heterocycles. The molecule has 0 radical (unpaired) electrons. The molecular weight excluding hydrogens is 284 g/mol. The minimum Gasteiger partial charge on any atom is -0.481 e. The molecule has 2 aromatic carbocycles. The van der Waals surface area contributed by atoms with Gasteiger partial charge in [0.2, 0.25) is 0 Å². The van der Waals surface area contributed by atoms with Gasteiger partial charge in [-0.05, 0) is 35.1 Å². The van der Waals surface area contributed by atoms with Crippen molar-refractivity contribution in [1.29, 1.82) is 0 Å². The Labute approximate surface area is 138 Å². The Hall–Kier alpha value is -2.53. The highest BCUT2D eigenvalue weighted by Crippen LogP contribution is 2.26. The van der Waals surface area contributed by atoms with Gasteiger partial charge in [0.05, 0.1) is 12.3 Å². The fourth-order valence-electron chi connectivity index (χ4n) is 2.57. The molecule has 2 aromatic rings. The molecule has 2 rings (SSSR count). The predicted molar refractivity (Wildman–Crippen MR) is 94.4 cm³/mol. The molecule has 23 heavy (non-hydrogen) atoms. The third-order valence-electron chi connectivity index (χ3n) is 3.92. The zero-order valence-corrected chi connectivity index (χ0v) is 13.8. The lowest BCUT2D eigenvalue weighted by Crippen LogP contribution is -2.04. The molecule has 0 aliphatic carbocycles. The SMILES string of the molecule is CC#CC(CC(=O)O)c1ccc(-c2ccc(C(C)C)cc2)cc1. The van der Waals surface area contributed by atoms with Crippen LogP contribution in [0.3, 0.4) is 0 Å². The lowest BCUT2D eigenvalue weighted by molar-refractivity contribution is -0.137. The summed E-state index contributed by atoms with van der Waals surface area (Å²) in [5.74, 6) is 5.24. The maximum absolute atomic E-state index is 11.0. The monoisotopic (exact) mass is 306 g/mol. The van der Waals surface area contributed by atoms with Crippen LogP contribution >= 0.6 is 0 Å². The average molecular weight is 306 g/mol. The molecule has 0 amide bonds. The highest BCUT2D eigenvalue weighted by Gasteiger charge is 2.13. The minimum atomic E-state index is -0.828. The first-order valence-corrected chi connectivity index (χ1v) is 7.85. The maximum atomic E-state index is 11.0. The van der Waals surface area contributed by atoms with Crippen LogP contribution in [-0.2, 0) is 4.79 Å². The number of hydrogen-bond acceptors (Lipinski definition) is 1. The van der Waals surface area contributed by atoms with E-state index >= 15 is 0 Å². The summed E-state index contributed by atoms with van der Waals surface area (Å²) in [4.78, 5) is 11.0. The summed E-state index contributed by atoms with van der Waals surface area (Å²) in [6.45, 7) is 6.10. The number of benzene rings is 2. The van der Waals surface area contributed by atoms with E-state index in [0.717, 1.165) is 16.7 Å². The third-order valence-corrected chi connectivity index (χ3v) is 3.92. The Kier molecular flexibility index (Phi) is 5.60. The number of carboxylic acids is 1. The van der Waals surface area contributed by atoms with E-state index in [0.29, 0.717) is 5.92 Å². The van der Waals surface area contributed by atoms with E-state index in [9.17, 15) is 4.79 Å². The first-order chi connectivity index (χ1) is 11.0. The highest BCUT2D eigenvalue weighted by molar-refractivity contribution is 5.69. The molecule has 2 heteroatoms. The van der Waals surface area contributed by atoms with Gasteiger partial charge < -0.3 is 5.11 Å². The molecule has 0 heterocycles. The Bertz CT molecular complexity index is 713. The van der Waals surface area contributed by atoms with E-state index in [1.807, 2.05) is 24.3 Å². The standard InChI is InChI=1S/C21H22O2/c1-4-5-20(14-21(22)23)19-12-10-18(11-13-19)17-8-6-16(7-9-17)15(2)3/h6-13,15,20H,14H2,1-3H3,(H,22,23). The molecule has 2 nitrogen and oxygen atoms in total. The molecule has 0 saturated carbocycles. The van der Waals surface area contributed by atoms with Gasteiger partial charge in [-0.25, -0.2) is 0 Å². The van der Waals surface area contributed by atoms with E-state index in [1.54, 1.807) is 6.92 Å². The Morgan fingerprint density at radius 2 is 1.43 bits per heavy atom. The van der Waals surface area contributed by atoms with Gasteiger partial charge in [-0.2, -0.15) is 0 Å². The summed E-state index contributed by atoms with van der Waals surface area (Å²) in [5.41, 5.74) is 4.56. The van der Waals surface area contributed by atoms with E-state index in [2.05, 4.69) is 50.0 Å². The molecule has 0 saturated heterocycles. The largest absolute Gasteiger partial charge is 0.481 e. The molecule has 0 aliphatic rings. The van der Waals surface area contributed by atoms with Crippen molar-refractivity contribution < 1.29 is 9.90 Å². The van der Waals surface area contributed by atoms with Crippen LogP contribution in [0.5, 0.6) is 0 Å². The quantitative estimate of drug-likeness (QED) is 0.784. The van der Waals surface area contributed by atoms with Crippen molar-refractivity contribution in [3.8, 4) is 23.0 Å². The molecular formula is C21H22O2. The first-order valence-electron chi connectivity index (χ1n) is 7.85. The number of carboxylic acid groups (broad SMARTS) is 1. The van der Waals surface area contributed by atoms with Gasteiger partial charge in [0.15, 0.2) is 0 Å². The van der Waals surface area contributed by atoms with Crippen LogP contribution in [0.4, 0.5) is 0 Å². The Balaban J connectivity index is 2.23. The summed E-state index contributed by atoms with van der Waals surface area (Å²) in [6, 6.07) is 16.6.